The van der Waals surface area contributed by atoms with Crippen molar-refractivity contribution in [2.45, 2.75) is 25.2 Å². The zero-order chi connectivity index (χ0) is 10.6. The average Bonchev–Trinajstić information content (AvgIpc) is 2.14. The van der Waals surface area contributed by atoms with E-state index >= 15 is 0 Å². The van der Waals surface area contributed by atoms with Crippen LogP contribution in [0.15, 0.2) is 23.1 Å². The second-order valence-electron chi connectivity index (χ2n) is 3.08. The Morgan fingerprint density at radius 2 is 2.21 bits per heavy atom. The van der Waals surface area contributed by atoms with E-state index in [0.717, 1.165) is 17.1 Å². The fraction of sp³-hybridized carbons (Fsp3) is 0.364. The van der Waals surface area contributed by atoms with Crippen molar-refractivity contribution in [2.24, 2.45) is 0 Å². The first-order chi connectivity index (χ1) is 6.65. The molecular formula is C11H14O2S. The van der Waals surface area contributed by atoms with Crippen molar-refractivity contribution in [3.05, 3.63) is 23.8 Å². The Kier molecular flexibility index (Phi) is 4.01. The Hall–Kier alpha value is -0.960. The van der Waals surface area contributed by atoms with Crippen LogP contribution in [-0.2, 0) is 0 Å². The molecule has 0 aromatic heterocycles. The number of hydrogen-bond donors (Lipinski definition) is 1. The lowest BCUT2D eigenvalue weighted by Crippen LogP contribution is -1.92. The highest BCUT2D eigenvalue weighted by Crippen LogP contribution is 2.26. The number of carbonyl (C=O) groups is 1. The van der Waals surface area contributed by atoms with Crippen LogP contribution in [-0.4, -0.2) is 16.6 Å². The summed E-state index contributed by atoms with van der Waals surface area (Å²) in [5.74, 6) is 1.01. The third kappa shape index (κ3) is 2.77. The fourth-order valence-electron chi connectivity index (χ4n) is 1.12. The molecule has 1 aromatic rings. The summed E-state index contributed by atoms with van der Waals surface area (Å²) in [5.41, 5.74) is 0.394. The van der Waals surface area contributed by atoms with Gasteiger partial charge in [-0.25, -0.2) is 0 Å². The summed E-state index contributed by atoms with van der Waals surface area (Å²) in [6, 6.07) is 5.20. The maximum Gasteiger partial charge on any atom is 0.163 e. The summed E-state index contributed by atoms with van der Waals surface area (Å²) >= 11 is 1.68. The number of ketones is 1. The van der Waals surface area contributed by atoms with Gasteiger partial charge in [-0.3, -0.25) is 4.79 Å². The maximum absolute atomic E-state index is 11.0. The minimum atomic E-state index is -0.102. The summed E-state index contributed by atoms with van der Waals surface area (Å²) in [7, 11) is 0. The summed E-state index contributed by atoms with van der Waals surface area (Å²) in [6.07, 6.45) is 1.10. The Bertz CT molecular complexity index is 334. The van der Waals surface area contributed by atoms with Crippen LogP contribution in [0.25, 0.3) is 0 Å². The third-order valence-electron chi connectivity index (χ3n) is 1.82. The molecule has 1 rings (SSSR count). The van der Waals surface area contributed by atoms with E-state index in [2.05, 4.69) is 6.92 Å². The number of thioether (sulfide) groups is 1. The van der Waals surface area contributed by atoms with Gasteiger partial charge < -0.3 is 5.11 Å². The van der Waals surface area contributed by atoms with E-state index in [1.807, 2.05) is 6.07 Å². The molecule has 0 spiro atoms. The predicted molar refractivity (Wildman–Crippen MR) is 59.1 cm³/mol. The van der Waals surface area contributed by atoms with Crippen LogP contribution in [0.4, 0.5) is 0 Å². The van der Waals surface area contributed by atoms with Gasteiger partial charge in [0.2, 0.25) is 0 Å². The Morgan fingerprint density at radius 3 is 2.71 bits per heavy atom. The average molecular weight is 210 g/mol. The normalized spacial score (nSPS) is 10.1. The summed E-state index contributed by atoms with van der Waals surface area (Å²) < 4.78 is 0. The Morgan fingerprint density at radius 1 is 1.50 bits per heavy atom. The molecule has 1 N–H and O–H groups in total. The number of phenolic OH excluding ortho intramolecular Hbond substituents is 1. The van der Waals surface area contributed by atoms with E-state index in [0.29, 0.717) is 5.56 Å². The Balaban J connectivity index is 2.83. The van der Waals surface area contributed by atoms with E-state index in [1.165, 1.54) is 6.92 Å². The number of carbonyl (C=O) groups excluding carboxylic acids is 1. The van der Waals surface area contributed by atoms with Gasteiger partial charge in [0, 0.05) is 4.90 Å². The van der Waals surface area contributed by atoms with Crippen LogP contribution in [0, 0.1) is 0 Å². The maximum atomic E-state index is 11.0. The van der Waals surface area contributed by atoms with Gasteiger partial charge in [0.15, 0.2) is 5.78 Å². The van der Waals surface area contributed by atoms with Gasteiger partial charge in [0.05, 0.1) is 5.56 Å². The second-order valence-corrected chi connectivity index (χ2v) is 4.25. The van der Waals surface area contributed by atoms with E-state index < -0.39 is 0 Å². The molecule has 0 bridgehead atoms. The van der Waals surface area contributed by atoms with Crippen molar-refractivity contribution in [3.63, 3.8) is 0 Å². The van der Waals surface area contributed by atoms with Gasteiger partial charge in [-0.15, -0.1) is 11.8 Å². The molecule has 2 nitrogen and oxygen atoms in total. The van der Waals surface area contributed by atoms with Crippen LogP contribution < -0.4 is 0 Å². The van der Waals surface area contributed by atoms with Gasteiger partial charge in [0.1, 0.15) is 5.75 Å². The number of phenols is 1. The zero-order valence-electron chi connectivity index (χ0n) is 8.41. The van der Waals surface area contributed by atoms with E-state index in [1.54, 1.807) is 23.9 Å². The first kappa shape index (κ1) is 11.1. The van der Waals surface area contributed by atoms with Crippen LogP contribution in [0.5, 0.6) is 5.75 Å². The number of benzene rings is 1. The number of hydrogen-bond acceptors (Lipinski definition) is 3. The molecular weight excluding hydrogens is 196 g/mol. The van der Waals surface area contributed by atoms with Gasteiger partial charge >= 0.3 is 0 Å². The molecule has 0 fully saturated rings. The standard InChI is InChI=1S/C11H14O2S/c1-3-6-14-9-4-5-10(8(2)12)11(13)7-9/h4-5,7,13H,3,6H2,1-2H3. The molecule has 0 aliphatic carbocycles. The topological polar surface area (TPSA) is 37.3 Å². The summed E-state index contributed by atoms with van der Waals surface area (Å²) in [5, 5.41) is 9.53. The smallest absolute Gasteiger partial charge is 0.163 e. The predicted octanol–water partition coefficient (Wildman–Crippen LogP) is 3.10. The molecule has 0 saturated carbocycles. The van der Waals surface area contributed by atoms with Crippen LogP contribution >= 0.6 is 11.8 Å². The van der Waals surface area contributed by atoms with Crippen molar-refractivity contribution >= 4 is 17.5 Å². The molecule has 1 aromatic carbocycles. The summed E-state index contributed by atoms with van der Waals surface area (Å²) in [6.45, 7) is 3.56. The summed E-state index contributed by atoms with van der Waals surface area (Å²) in [4.78, 5) is 12.0. The molecule has 0 aliphatic heterocycles. The zero-order valence-corrected chi connectivity index (χ0v) is 9.23. The van der Waals surface area contributed by atoms with Gasteiger partial charge in [0.25, 0.3) is 0 Å². The first-order valence-corrected chi connectivity index (χ1v) is 5.60. The molecule has 0 amide bonds. The third-order valence-corrected chi connectivity index (χ3v) is 3.02. The SMILES string of the molecule is CCCSc1ccc(C(C)=O)c(O)c1. The fourth-order valence-corrected chi connectivity index (χ4v) is 1.92. The lowest BCUT2D eigenvalue weighted by molar-refractivity contribution is 0.101. The second kappa shape index (κ2) is 5.05. The molecule has 76 valence electrons. The highest BCUT2D eigenvalue weighted by molar-refractivity contribution is 7.99. The van der Waals surface area contributed by atoms with E-state index in [-0.39, 0.29) is 11.5 Å². The Labute approximate surface area is 88.3 Å². The highest BCUT2D eigenvalue weighted by atomic mass is 32.2. The molecule has 0 saturated heterocycles. The minimum absolute atomic E-state index is 0.0820. The van der Waals surface area contributed by atoms with Crippen molar-refractivity contribution in [1.82, 2.24) is 0 Å². The van der Waals surface area contributed by atoms with Crippen molar-refractivity contribution in [1.29, 1.82) is 0 Å². The van der Waals surface area contributed by atoms with Crippen LogP contribution in [0.2, 0.25) is 0 Å². The largest absolute Gasteiger partial charge is 0.507 e. The quantitative estimate of drug-likeness (QED) is 0.613. The molecule has 0 radical (unpaired) electrons. The van der Waals surface area contributed by atoms with Gasteiger partial charge in [-0.1, -0.05) is 6.92 Å². The number of Topliss-reactive ketones (excluding diaryl/α,β-unsaturated/α-hetero) is 1. The van der Waals surface area contributed by atoms with Crippen LogP contribution in [0.1, 0.15) is 30.6 Å². The monoisotopic (exact) mass is 210 g/mol. The molecule has 3 heteroatoms. The van der Waals surface area contributed by atoms with E-state index in [4.69, 9.17) is 0 Å². The van der Waals surface area contributed by atoms with Crippen molar-refractivity contribution in [2.75, 3.05) is 5.75 Å². The number of rotatable bonds is 4. The molecule has 0 heterocycles. The minimum Gasteiger partial charge on any atom is -0.507 e. The number of aromatic hydroxyl groups is 1. The van der Waals surface area contributed by atoms with Gasteiger partial charge in [-0.2, -0.15) is 0 Å². The van der Waals surface area contributed by atoms with Crippen molar-refractivity contribution < 1.29 is 9.90 Å². The molecule has 14 heavy (non-hydrogen) atoms. The van der Waals surface area contributed by atoms with Crippen LogP contribution in [0.3, 0.4) is 0 Å². The lowest BCUT2D eigenvalue weighted by atomic mass is 10.1. The van der Waals surface area contributed by atoms with E-state index in [9.17, 15) is 9.90 Å². The molecule has 0 unspecified atom stereocenters. The molecule has 0 atom stereocenters. The first-order valence-electron chi connectivity index (χ1n) is 4.62. The highest BCUT2D eigenvalue weighted by Gasteiger charge is 2.06. The lowest BCUT2D eigenvalue weighted by Gasteiger charge is -2.03. The van der Waals surface area contributed by atoms with Crippen molar-refractivity contribution in [3.8, 4) is 5.75 Å². The molecule has 0 aliphatic rings. The van der Waals surface area contributed by atoms with Gasteiger partial charge in [-0.05, 0) is 37.3 Å².